The Morgan fingerprint density at radius 1 is 1.30 bits per heavy atom. The predicted octanol–water partition coefficient (Wildman–Crippen LogP) is 2.83. The number of carbonyl (C=O) groups excluding carboxylic acids is 1. The minimum absolute atomic E-state index is 0.128. The van der Waals surface area contributed by atoms with Crippen molar-refractivity contribution >= 4 is 5.91 Å². The van der Waals surface area contributed by atoms with Gasteiger partial charge in [-0.25, -0.2) is 0 Å². The molecule has 0 aliphatic carbocycles. The first-order valence-electron chi connectivity index (χ1n) is 7.91. The molecule has 1 N–H and O–H groups in total. The van der Waals surface area contributed by atoms with Gasteiger partial charge in [0.15, 0.2) is 17.2 Å². The van der Waals surface area contributed by atoms with Crippen LogP contribution in [0.15, 0.2) is 24.3 Å². The molecule has 23 heavy (non-hydrogen) atoms. The second-order valence-corrected chi connectivity index (χ2v) is 5.58. The predicted molar refractivity (Wildman–Crippen MR) is 86.7 cm³/mol. The number of ether oxygens (including phenoxy) is 2. The minimum Gasteiger partial charge on any atom is -0.454 e. The molecule has 1 amide bonds. The van der Waals surface area contributed by atoms with Gasteiger partial charge in [-0.3, -0.25) is 9.48 Å². The Morgan fingerprint density at radius 2 is 2.09 bits per heavy atom. The fraction of sp³-hybridized carbons (Fsp3) is 0.412. The van der Waals surface area contributed by atoms with Gasteiger partial charge in [-0.05, 0) is 44.5 Å². The van der Waals surface area contributed by atoms with Crippen LogP contribution < -0.4 is 14.8 Å². The van der Waals surface area contributed by atoms with Crippen molar-refractivity contribution in [2.75, 3.05) is 6.79 Å². The maximum atomic E-state index is 12.3. The van der Waals surface area contributed by atoms with Crippen LogP contribution in [0.1, 0.15) is 37.7 Å². The van der Waals surface area contributed by atoms with Crippen molar-refractivity contribution in [3.05, 3.63) is 30.0 Å². The lowest BCUT2D eigenvalue weighted by molar-refractivity contribution is 0.0933. The average molecular weight is 315 g/mol. The van der Waals surface area contributed by atoms with Crippen molar-refractivity contribution < 1.29 is 14.3 Å². The van der Waals surface area contributed by atoms with E-state index in [2.05, 4.69) is 10.4 Å². The summed E-state index contributed by atoms with van der Waals surface area (Å²) in [6.07, 6.45) is 0.884. The number of aryl methyl sites for hydroxylation is 1. The summed E-state index contributed by atoms with van der Waals surface area (Å²) in [5, 5.41) is 7.36. The van der Waals surface area contributed by atoms with Gasteiger partial charge in [-0.1, -0.05) is 6.92 Å². The van der Waals surface area contributed by atoms with Gasteiger partial charge < -0.3 is 14.8 Å². The van der Waals surface area contributed by atoms with Crippen molar-refractivity contribution in [3.63, 3.8) is 0 Å². The molecule has 1 aromatic carbocycles. The van der Waals surface area contributed by atoms with E-state index < -0.39 is 0 Å². The third-order valence-electron chi connectivity index (χ3n) is 3.97. The van der Waals surface area contributed by atoms with Crippen molar-refractivity contribution in [2.45, 2.75) is 39.8 Å². The molecule has 0 saturated carbocycles. The Kier molecular flexibility index (Phi) is 4.23. The first kappa shape index (κ1) is 15.4. The van der Waals surface area contributed by atoms with Crippen LogP contribution in [-0.2, 0) is 6.54 Å². The fourth-order valence-corrected chi connectivity index (χ4v) is 2.46. The van der Waals surface area contributed by atoms with E-state index in [1.54, 1.807) is 0 Å². The summed E-state index contributed by atoms with van der Waals surface area (Å²) in [6, 6.07) is 7.69. The van der Waals surface area contributed by atoms with Crippen molar-refractivity contribution in [1.82, 2.24) is 15.1 Å². The van der Waals surface area contributed by atoms with E-state index in [0.29, 0.717) is 12.2 Å². The number of nitrogens with zero attached hydrogens (tertiary/aromatic N) is 2. The molecule has 0 saturated heterocycles. The molecule has 0 fully saturated rings. The molecule has 2 aromatic rings. The van der Waals surface area contributed by atoms with Crippen LogP contribution in [0.25, 0.3) is 11.3 Å². The number of hydrogen-bond donors (Lipinski definition) is 1. The highest BCUT2D eigenvalue weighted by atomic mass is 16.7. The van der Waals surface area contributed by atoms with Crippen molar-refractivity contribution in [3.8, 4) is 22.8 Å². The molecule has 1 aromatic heterocycles. The van der Waals surface area contributed by atoms with Gasteiger partial charge in [0.25, 0.3) is 5.91 Å². The SMILES string of the molecule is CC[C@H](C)NC(=O)c1cc(-c2ccc3c(c2)OCO3)n(CC)n1. The largest absolute Gasteiger partial charge is 0.454 e. The molecular formula is C17H21N3O3. The summed E-state index contributed by atoms with van der Waals surface area (Å²) in [7, 11) is 0. The van der Waals surface area contributed by atoms with Gasteiger partial charge in [0, 0.05) is 18.2 Å². The molecule has 1 aliphatic rings. The second-order valence-electron chi connectivity index (χ2n) is 5.58. The topological polar surface area (TPSA) is 65.4 Å². The standard InChI is InChI=1S/C17H21N3O3/c1-4-11(3)18-17(21)13-9-14(20(5-2)19-13)12-6-7-15-16(8-12)23-10-22-15/h6-9,11H,4-5,10H2,1-3H3,(H,18,21)/t11-/m0/s1. The van der Waals surface area contributed by atoms with E-state index >= 15 is 0 Å². The summed E-state index contributed by atoms with van der Waals surface area (Å²) >= 11 is 0. The third kappa shape index (κ3) is 3.02. The van der Waals surface area contributed by atoms with Crippen molar-refractivity contribution in [1.29, 1.82) is 0 Å². The molecule has 1 aliphatic heterocycles. The van der Waals surface area contributed by atoms with Crippen molar-refractivity contribution in [2.24, 2.45) is 0 Å². The average Bonchev–Trinajstić information content (AvgIpc) is 3.20. The molecule has 2 heterocycles. The number of nitrogens with one attached hydrogen (secondary N) is 1. The number of amides is 1. The molecule has 0 radical (unpaired) electrons. The van der Waals surface area contributed by atoms with Crippen LogP contribution in [0.3, 0.4) is 0 Å². The van der Waals surface area contributed by atoms with Crippen LogP contribution in [0.5, 0.6) is 11.5 Å². The van der Waals surface area contributed by atoms with Gasteiger partial charge in [0.1, 0.15) is 0 Å². The second kappa shape index (κ2) is 6.32. The highest BCUT2D eigenvalue weighted by Gasteiger charge is 2.19. The number of rotatable bonds is 5. The van der Waals surface area contributed by atoms with Gasteiger partial charge in [-0.2, -0.15) is 5.10 Å². The Bertz CT molecular complexity index is 724. The fourth-order valence-electron chi connectivity index (χ4n) is 2.46. The van der Waals surface area contributed by atoms with Gasteiger partial charge in [0.2, 0.25) is 6.79 Å². The van der Waals surface area contributed by atoms with Gasteiger partial charge >= 0.3 is 0 Å². The normalized spacial score (nSPS) is 13.9. The van der Waals surface area contributed by atoms with Crippen LogP contribution in [0.2, 0.25) is 0 Å². The highest BCUT2D eigenvalue weighted by Crippen LogP contribution is 2.36. The van der Waals surface area contributed by atoms with E-state index in [1.165, 1.54) is 0 Å². The molecule has 1 atom stereocenters. The van der Waals surface area contributed by atoms with E-state index in [0.717, 1.165) is 29.2 Å². The van der Waals surface area contributed by atoms with E-state index in [1.807, 2.05) is 49.7 Å². The van der Waals surface area contributed by atoms with Crippen LogP contribution >= 0.6 is 0 Å². The Hall–Kier alpha value is -2.50. The molecule has 0 unspecified atom stereocenters. The zero-order chi connectivity index (χ0) is 16.4. The van der Waals surface area contributed by atoms with E-state index in [4.69, 9.17) is 9.47 Å². The minimum atomic E-state index is -0.145. The molecule has 0 spiro atoms. The molecule has 122 valence electrons. The van der Waals surface area contributed by atoms with Gasteiger partial charge in [-0.15, -0.1) is 0 Å². The van der Waals surface area contributed by atoms with Crippen LogP contribution in [0, 0.1) is 0 Å². The maximum Gasteiger partial charge on any atom is 0.272 e. The highest BCUT2D eigenvalue weighted by molar-refractivity contribution is 5.93. The number of hydrogen-bond acceptors (Lipinski definition) is 4. The first-order chi connectivity index (χ1) is 11.1. The Balaban J connectivity index is 1.92. The number of benzene rings is 1. The zero-order valence-electron chi connectivity index (χ0n) is 13.6. The summed E-state index contributed by atoms with van der Waals surface area (Å²) in [5.74, 6) is 1.32. The van der Waals surface area contributed by atoms with E-state index in [-0.39, 0.29) is 18.7 Å². The van der Waals surface area contributed by atoms with E-state index in [9.17, 15) is 4.79 Å². The smallest absolute Gasteiger partial charge is 0.272 e. The van der Waals surface area contributed by atoms with Crippen LogP contribution in [0.4, 0.5) is 0 Å². The lowest BCUT2D eigenvalue weighted by Crippen LogP contribution is -2.32. The summed E-state index contributed by atoms with van der Waals surface area (Å²) < 4.78 is 12.6. The van der Waals surface area contributed by atoms with Crippen LogP contribution in [-0.4, -0.2) is 28.5 Å². The third-order valence-corrected chi connectivity index (χ3v) is 3.97. The molecule has 6 heteroatoms. The van der Waals surface area contributed by atoms with Gasteiger partial charge in [0.05, 0.1) is 5.69 Å². The Morgan fingerprint density at radius 3 is 2.83 bits per heavy atom. The molecule has 0 bridgehead atoms. The number of carbonyl (C=O) groups is 1. The zero-order valence-corrected chi connectivity index (χ0v) is 13.6. The number of aromatic nitrogens is 2. The monoisotopic (exact) mass is 315 g/mol. The maximum absolute atomic E-state index is 12.3. The first-order valence-corrected chi connectivity index (χ1v) is 7.91. The summed E-state index contributed by atoms with van der Waals surface area (Å²) in [6.45, 7) is 6.94. The number of fused-ring (bicyclic) bond motifs is 1. The summed E-state index contributed by atoms with van der Waals surface area (Å²) in [5.41, 5.74) is 2.27. The lowest BCUT2D eigenvalue weighted by atomic mass is 10.1. The molecule has 3 rings (SSSR count). The quantitative estimate of drug-likeness (QED) is 0.921. The molecule has 6 nitrogen and oxygen atoms in total. The lowest BCUT2D eigenvalue weighted by Gasteiger charge is -2.09. The molecular weight excluding hydrogens is 294 g/mol. The Labute approximate surface area is 135 Å². The summed E-state index contributed by atoms with van der Waals surface area (Å²) in [4.78, 5) is 12.3.